The van der Waals surface area contributed by atoms with Gasteiger partial charge in [0.05, 0.1) is 6.42 Å². The zero-order valence-corrected chi connectivity index (χ0v) is 19.4. The molecule has 0 heterocycles. The Morgan fingerprint density at radius 3 is 2.21 bits per heavy atom. The van der Waals surface area contributed by atoms with Gasteiger partial charge < -0.3 is 16.0 Å². The normalized spacial score (nSPS) is 10.5. The highest BCUT2D eigenvalue weighted by atomic mass is 32.1. The first kappa shape index (κ1) is 23.1. The smallest absolute Gasteiger partial charge is 0.230 e. The average molecular weight is 468 g/mol. The van der Waals surface area contributed by atoms with Gasteiger partial charge in [-0.3, -0.25) is 9.59 Å². The lowest BCUT2D eigenvalue weighted by atomic mass is 10.0. The van der Waals surface area contributed by atoms with Crippen LogP contribution in [0.25, 0.3) is 10.8 Å². The van der Waals surface area contributed by atoms with Gasteiger partial charge in [0.25, 0.3) is 0 Å². The SMILES string of the molecule is O=C(Cc1cccc2ccccc12)NC(=S)Nc1cccc(NC(=O)CCc2ccccc2)c1. The lowest BCUT2D eigenvalue weighted by Crippen LogP contribution is -2.35. The summed E-state index contributed by atoms with van der Waals surface area (Å²) in [6.07, 6.45) is 1.29. The van der Waals surface area contributed by atoms with E-state index in [0.29, 0.717) is 24.2 Å². The fourth-order valence-corrected chi connectivity index (χ4v) is 3.99. The summed E-state index contributed by atoms with van der Waals surface area (Å²) in [7, 11) is 0. The van der Waals surface area contributed by atoms with Gasteiger partial charge in [0.2, 0.25) is 11.8 Å². The second kappa shape index (κ2) is 11.2. The molecule has 4 aromatic rings. The van der Waals surface area contributed by atoms with E-state index in [0.717, 1.165) is 21.9 Å². The number of hydrogen-bond acceptors (Lipinski definition) is 3. The second-order valence-electron chi connectivity index (χ2n) is 7.93. The van der Waals surface area contributed by atoms with Crippen molar-refractivity contribution in [2.45, 2.75) is 19.3 Å². The number of nitrogens with one attached hydrogen (secondary N) is 3. The third kappa shape index (κ3) is 6.49. The second-order valence-corrected chi connectivity index (χ2v) is 8.34. The molecule has 4 rings (SSSR count). The molecule has 0 fully saturated rings. The van der Waals surface area contributed by atoms with Crippen molar-refractivity contribution in [1.82, 2.24) is 5.32 Å². The molecule has 4 aromatic carbocycles. The molecule has 0 atom stereocenters. The largest absolute Gasteiger partial charge is 0.332 e. The summed E-state index contributed by atoms with van der Waals surface area (Å²) in [6, 6.07) is 31.0. The van der Waals surface area contributed by atoms with Gasteiger partial charge in [-0.15, -0.1) is 0 Å². The Kier molecular flexibility index (Phi) is 7.63. The van der Waals surface area contributed by atoms with Crippen LogP contribution in [0.5, 0.6) is 0 Å². The molecule has 0 aliphatic rings. The van der Waals surface area contributed by atoms with E-state index in [4.69, 9.17) is 12.2 Å². The first-order valence-corrected chi connectivity index (χ1v) is 11.5. The minimum Gasteiger partial charge on any atom is -0.332 e. The number of rotatable bonds is 7. The van der Waals surface area contributed by atoms with Crippen molar-refractivity contribution in [3.8, 4) is 0 Å². The number of carbonyl (C=O) groups is 2. The molecule has 0 spiro atoms. The van der Waals surface area contributed by atoms with Gasteiger partial charge >= 0.3 is 0 Å². The van der Waals surface area contributed by atoms with E-state index in [1.807, 2.05) is 91.0 Å². The fourth-order valence-electron chi connectivity index (χ4n) is 3.75. The number of thiocarbonyl (C=S) groups is 1. The van der Waals surface area contributed by atoms with Gasteiger partial charge in [-0.1, -0.05) is 78.9 Å². The molecule has 6 heteroatoms. The Morgan fingerprint density at radius 1 is 0.706 bits per heavy atom. The topological polar surface area (TPSA) is 70.2 Å². The summed E-state index contributed by atoms with van der Waals surface area (Å²) in [5.41, 5.74) is 3.40. The molecule has 0 aliphatic carbocycles. The number of amides is 2. The van der Waals surface area contributed by atoms with E-state index in [1.54, 1.807) is 6.07 Å². The predicted octanol–water partition coefficient (Wildman–Crippen LogP) is 5.47. The van der Waals surface area contributed by atoms with Gasteiger partial charge in [0, 0.05) is 17.8 Å². The lowest BCUT2D eigenvalue weighted by molar-refractivity contribution is -0.119. The van der Waals surface area contributed by atoms with Crippen LogP contribution in [-0.2, 0) is 22.4 Å². The van der Waals surface area contributed by atoms with E-state index in [-0.39, 0.29) is 23.3 Å². The third-order valence-electron chi connectivity index (χ3n) is 5.37. The minimum atomic E-state index is -0.195. The van der Waals surface area contributed by atoms with Gasteiger partial charge in [0.1, 0.15) is 0 Å². The van der Waals surface area contributed by atoms with E-state index < -0.39 is 0 Å². The molecule has 5 nitrogen and oxygen atoms in total. The summed E-state index contributed by atoms with van der Waals surface area (Å²) in [5.74, 6) is -0.258. The molecular weight excluding hydrogens is 442 g/mol. The standard InChI is InChI=1S/C28H25N3O2S/c32-26(17-16-20-8-2-1-3-9-20)29-23-13-7-14-24(19-23)30-28(34)31-27(33)18-22-12-6-11-21-10-4-5-15-25(21)22/h1-15,19H,16-18H2,(H,29,32)(H2,30,31,33,34). The van der Waals surface area contributed by atoms with Crippen LogP contribution in [0.4, 0.5) is 11.4 Å². The lowest BCUT2D eigenvalue weighted by Gasteiger charge is -2.12. The molecule has 34 heavy (non-hydrogen) atoms. The van der Waals surface area contributed by atoms with E-state index in [1.165, 1.54) is 0 Å². The van der Waals surface area contributed by atoms with Gasteiger partial charge in [0.15, 0.2) is 5.11 Å². The van der Waals surface area contributed by atoms with Gasteiger partial charge in [-0.2, -0.15) is 0 Å². The van der Waals surface area contributed by atoms with Gasteiger partial charge in [-0.05, 0) is 58.7 Å². The van der Waals surface area contributed by atoms with E-state index in [9.17, 15) is 9.59 Å². The Bertz CT molecular complexity index is 1320. The number of fused-ring (bicyclic) bond motifs is 1. The average Bonchev–Trinajstić information content (AvgIpc) is 2.84. The van der Waals surface area contributed by atoms with E-state index >= 15 is 0 Å². The molecule has 0 saturated carbocycles. The van der Waals surface area contributed by atoms with Crippen molar-refractivity contribution in [3.63, 3.8) is 0 Å². The highest BCUT2D eigenvalue weighted by Crippen LogP contribution is 2.19. The Balaban J connectivity index is 1.29. The Hall–Kier alpha value is -4.03. The Labute approximate surface area is 204 Å². The summed E-state index contributed by atoms with van der Waals surface area (Å²) < 4.78 is 0. The van der Waals surface area contributed by atoms with Crippen LogP contribution in [-0.4, -0.2) is 16.9 Å². The number of benzene rings is 4. The maximum Gasteiger partial charge on any atom is 0.230 e. The van der Waals surface area contributed by atoms with Crippen LogP contribution in [0.3, 0.4) is 0 Å². The molecule has 0 unspecified atom stereocenters. The minimum absolute atomic E-state index is 0.0630. The zero-order chi connectivity index (χ0) is 23.8. The highest BCUT2D eigenvalue weighted by Gasteiger charge is 2.10. The molecule has 0 saturated heterocycles. The van der Waals surface area contributed by atoms with Gasteiger partial charge in [-0.25, -0.2) is 0 Å². The first-order valence-electron chi connectivity index (χ1n) is 11.1. The maximum absolute atomic E-state index is 12.6. The summed E-state index contributed by atoms with van der Waals surface area (Å²) >= 11 is 5.32. The molecule has 3 N–H and O–H groups in total. The first-order chi connectivity index (χ1) is 16.6. The molecule has 0 radical (unpaired) electrons. The van der Waals surface area contributed by atoms with Crippen LogP contribution >= 0.6 is 12.2 Å². The monoisotopic (exact) mass is 467 g/mol. The van der Waals surface area contributed by atoms with Crippen molar-refractivity contribution in [2.24, 2.45) is 0 Å². The fraction of sp³-hybridized carbons (Fsp3) is 0.107. The summed E-state index contributed by atoms with van der Waals surface area (Å²) in [4.78, 5) is 24.9. The van der Waals surface area contributed by atoms with Crippen molar-refractivity contribution in [2.75, 3.05) is 10.6 Å². The number of anilines is 2. The molecule has 170 valence electrons. The number of hydrogen-bond donors (Lipinski definition) is 3. The van der Waals surface area contributed by atoms with Crippen molar-refractivity contribution >= 4 is 51.3 Å². The molecule has 2 amide bonds. The van der Waals surface area contributed by atoms with Crippen LogP contribution < -0.4 is 16.0 Å². The highest BCUT2D eigenvalue weighted by molar-refractivity contribution is 7.80. The van der Waals surface area contributed by atoms with Crippen LogP contribution in [0.1, 0.15) is 17.5 Å². The zero-order valence-electron chi connectivity index (χ0n) is 18.6. The third-order valence-corrected chi connectivity index (χ3v) is 5.58. The van der Waals surface area contributed by atoms with Crippen LogP contribution in [0.2, 0.25) is 0 Å². The quantitative estimate of drug-likeness (QED) is 0.315. The molecular formula is C28H25N3O2S. The Morgan fingerprint density at radius 2 is 1.38 bits per heavy atom. The predicted molar refractivity (Wildman–Crippen MR) is 142 cm³/mol. The van der Waals surface area contributed by atoms with Crippen molar-refractivity contribution in [1.29, 1.82) is 0 Å². The summed E-state index contributed by atoms with van der Waals surface area (Å²) in [5, 5.41) is 11.0. The van der Waals surface area contributed by atoms with Crippen LogP contribution in [0.15, 0.2) is 97.1 Å². The van der Waals surface area contributed by atoms with Crippen molar-refractivity contribution < 1.29 is 9.59 Å². The number of carbonyl (C=O) groups excluding carboxylic acids is 2. The molecule has 0 aromatic heterocycles. The molecule has 0 bridgehead atoms. The van der Waals surface area contributed by atoms with E-state index in [2.05, 4.69) is 16.0 Å². The molecule has 0 aliphatic heterocycles. The van der Waals surface area contributed by atoms with Crippen LogP contribution in [0, 0.1) is 0 Å². The maximum atomic E-state index is 12.6. The summed E-state index contributed by atoms with van der Waals surface area (Å²) in [6.45, 7) is 0. The van der Waals surface area contributed by atoms with Crippen molar-refractivity contribution in [3.05, 3.63) is 108 Å². The number of aryl methyl sites for hydroxylation is 1.